The Morgan fingerprint density at radius 1 is 1.24 bits per heavy atom. The van der Waals surface area contributed by atoms with Crippen molar-refractivity contribution < 1.29 is 9.90 Å². The minimum atomic E-state index is -1.06. The monoisotopic (exact) mass is 286 g/mol. The molecule has 0 spiro atoms. The van der Waals surface area contributed by atoms with E-state index in [1.165, 1.54) is 12.8 Å². The number of benzene rings is 1. The van der Waals surface area contributed by atoms with E-state index in [4.69, 9.17) is 0 Å². The third kappa shape index (κ3) is 2.95. The van der Waals surface area contributed by atoms with Crippen LogP contribution in [0.1, 0.15) is 23.3 Å². The summed E-state index contributed by atoms with van der Waals surface area (Å²) in [7, 11) is 0. The Kier molecular flexibility index (Phi) is 3.96. The molecule has 0 saturated carbocycles. The summed E-state index contributed by atoms with van der Waals surface area (Å²) < 4.78 is 0. The number of nitrogens with one attached hydrogen (secondary N) is 1. The number of nitrogens with zero attached hydrogens (tertiary/aromatic N) is 3. The Balaban J connectivity index is 1.83. The SMILES string of the molecule is O=C(O)c1nnc2ccccc2c1NCCN1CCCC1. The van der Waals surface area contributed by atoms with E-state index >= 15 is 0 Å². The van der Waals surface area contributed by atoms with Crippen molar-refractivity contribution >= 4 is 22.6 Å². The Bertz CT molecular complexity index is 653. The number of likely N-dealkylation sites (tertiary alicyclic amines) is 1. The molecule has 2 heterocycles. The van der Waals surface area contributed by atoms with Gasteiger partial charge in [-0.25, -0.2) is 4.79 Å². The van der Waals surface area contributed by atoms with Gasteiger partial charge in [0.1, 0.15) is 0 Å². The fraction of sp³-hybridized carbons (Fsp3) is 0.400. The van der Waals surface area contributed by atoms with Crippen molar-refractivity contribution in [3.05, 3.63) is 30.0 Å². The first-order valence-electron chi connectivity index (χ1n) is 7.20. The molecule has 0 amide bonds. The average molecular weight is 286 g/mol. The summed E-state index contributed by atoms with van der Waals surface area (Å²) in [5.74, 6) is -1.06. The van der Waals surface area contributed by atoms with E-state index in [1.807, 2.05) is 24.3 Å². The lowest BCUT2D eigenvalue weighted by atomic mass is 10.1. The van der Waals surface area contributed by atoms with E-state index < -0.39 is 5.97 Å². The fourth-order valence-corrected chi connectivity index (χ4v) is 2.73. The fourth-order valence-electron chi connectivity index (χ4n) is 2.73. The van der Waals surface area contributed by atoms with Crippen LogP contribution in [0.15, 0.2) is 24.3 Å². The maximum Gasteiger partial charge on any atom is 0.358 e. The maximum absolute atomic E-state index is 11.3. The van der Waals surface area contributed by atoms with Gasteiger partial charge in [0.2, 0.25) is 0 Å². The number of hydrogen-bond donors (Lipinski definition) is 2. The first-order valence-corrected chi connectivity index (χ1v) is 7.20. The van der Waals surface area contributed by atoms with Crippen molar-refractivity contribution in [3.8, 4) is 0 Å². The predicted molar refractivity (Wildman–Crippen MR) is 80.7 cm³/mol. The molecule has 1 aromatic heterocycles. The van der Waals surface area contributed by atoms with Crippen LogP contribution >= 0.6 is 0 Å². The predicted octanol–water partition coefficient (Wildman–Crippen LogP) is 1.84. The molecule has 0 bridgehead atoms. The van der Waals surface area contributed by atoms with Crippen LogP contribution < -0.4 is 5.32 Å². The standard InChI is InChI=1S/C15H18N4O2/c20-15(21)14-13(16-7-10-19-8-3-4-9-19)11-5-1-2-6-12(11)17-18-14/h1-2,5-6H,3-4,7-10H2,(H,16,17)(H,20,21). The van der Waals surface area contributed by atoms with Gasteiger partial charge < -0.3 is 15.3 Å². The lowest BCUT2D eigenvalue weighted by Crippen LogP contribution is -2.26. The molecular formula is C15H18N4O2. The second-order valence-corrected chi connectivity index (χ2v) is 5.22. The Hall–Kier alpha value is -2.21. The summed E-state index contributed by atoms with van der Waals surface area (Å²) in [6.07, 6.45) is 2.50. The number of carbonyl (C=O) groups is 1. The van der Waals surface area contributed by atoms with Gasteiger partial charge in [-0.15, -0.1) is 10.2 Å². The minimum Gasteiger partial charge on any atom is -0.476 e. The zero-order valence-electron chi connectivity index (χ0n) is 11.7. The van der Waals surface area contributed by atoms with Gasteiger partial charge in [-0.05, 0) is 32.0 Å². The summed E-state index contributed by atoms with van der Waals surface area (Å²) in [6, 6.07) is 7.45. The van der Waals surface area contributed by atoms with Gasteiger partial charge in [-0.1, -0.05) is 18.2 Å². The largest absolute Gasteiger partial charge is 0.476 e. The van der Waals surface area contributed by atoms with E-state index in [1.54, 1.807) is 0 Å². The van der Waals surface area contributed by atoms with Gasteiger partial charge >= 0.3 is 5.97 Å². The van der Waals surface area contributed by atoms with Gasteiger partial charge in [0.05, 0.1) is 11.2 Å². The van der Waals surface area contributed by atoms with Gasteiger partial charge in [0.15, 0.2) is 5.69 Å². The minimum absolute atomic E-state index is 0.0184. The highest BCUT2D eigenvalue weighted by Gasteiger charge is 2.17. The maximum atomic E-state index is 11.3. The Morgan fingerprint density at radius 3 is 2.76 bits per heavy atom. The van der Waals surface area contributed by atoms with E-state index in [0.29, 0.717) is 17.7 Å². The number of rotatable bonds is 5. The zero-order chi connectivity index (χ0) is 14.7. The van der Waals surface area contributed by atoms with Crippen molar-refractivity contribution in [3.63, 3.8) is 0 Å². The molecule has 0 atom stereocenters. The number of anilines is 1. The third-order valence-corrected chi connectivity index (χ3v) is 3.80. The molecule has 110 valence electrons. The molecule has 0 aliphatic carbocycles. The Morgan fingerprint density at radius 2 is 2.00 bits per heavy atom. The lowest BCUT2D eigenvalue weighted by Gasteiger charge is -2.16. The van der Waals surface area contributed by atoms with Crippen molar-refractivity contribution in [2.45, 2.75) is 12.8 Å². The van der Waals surface area contributed by atoms with Crippen LogP contribution in [0.5, 0.6) is 0 Å². The third-order valence-electron chi connectivity index (χ3n) is 3.80. The molecule has 2 aromatic rings. The molecule has 0 radical (unpaired) electrons. The summed E-state index contributed by atoms with van der Waals surface area (Å²) >= 11 is 0. The van der Waals surface area contributed by atoms with E-state index in [9.17, 15) is 9.90 Å². The molecule has 2 N–H and O–H groups in total. The smallest absolute Gasteiger partial charge is 0.358 e. The molecule has 3 rings (SSSR count). The average Bonchev–Trinajstić information content (AvgIpc) is 3.00. The summed E-state index contributed by atoms with van der Waals surface area (Å²) in [4.78, 5) is 13.7. The first-order chi connectivity index (χ1) is 10.3. The Labute approximate surface area is 122 Å². The molecule has 1 fully saturated rings. The number of carboxylic acids is 1. The second kappa shape index (κ2) is 6.05. The van der Waals surface area contributed by atoms with Crippen molar-refractivity contribution in [1.82, 2.24) is 15.1 Å². The van der Waals surface area contributed by atoms with Gasteiger partial charge in [-0.3, -0.25) is 0 Å². The summed E-state index contributed by atoms with van der Waals surface area (Å²) in [6.45, 7) is 3.87. The van der Waals surface area contributed by atoms with Crippen molar-refractivity contribution in [2.75, 3.05) is 31.5 Å². The van der Waals surface area contributed by atoms with Crippen molar-refractivity contribution in [2.24, 2.45) is 0 Å². The number of carboxylic acid groups (broad SMARTS) is 1. The van der Waals surface area contributed by atoms with Crippen LogP contribution in [-0.4, -0.2) is 52.4 Å². The highest BCUT2D eigenvalue weighted by Crippen LogP contribution is 2.24. The van der Waals surface area contributed by atoms with Crippen LogP contribution in [0, 0.1) is 0 Å². The van der Waals surface area contributed by atoms with Crippen LogP contribution in [0.2, 0.25) is 0 Å². The van der Waals surface area contributed by atoms with E-state index in [2.05, 4.69) is 20.4 Å². The summed E-state index contributed by atoms with van der Waals surface area (Å²) in [5.41, 5.74) is 1.24. The summed E-state index contributed by atoms with van der Waals surface area (Å²) in [5, 5.41) is 21.1. The van der Waals surface area contributed by atoms with Gasteiger partial charge in [0.25, 0.3) is 0 Å². The number of aromatic carboxylic acids is 1. The van der Waals surface area contributed by atoms with Gasteiger partial charge in [0, 0.05) is 18.5 Å². The normalized spacial score (nSPS) is 15.4. The van der Waals surface area contributed by atoms with Crippen LogP contribution in [-0.2, 0) is 0 Å². The number of fused-ring (bicyclic) bond motifs is 1. The molecule has 1 aliphatic rings. The quantitative estimate of drug-likeness (QED) is 0.873. The lowest BCUT2D eigenvalue weighted by molar-refractivity contribution is 0.0690. The first kappa shape index (κ1) is 13.8. The van der Waals surface area contributed by atoms with Crippen LogP contribution in [0.25, 0.3) is 10.9 Å². The van der Waals surface area contributed by atoms with Crippen LogP contribution in [0.4, 0.5) is 5.69 Å². The molecule has 6 nitrogen and oxygen atoms in total. The molecular weight excluding hydrogens is 268 g/mol. The second-order valence-electron chi connectivity index (χ2n) is 5.22. The highest BCUT2D eigenvalue weighted by atomic mass is 16.4. The number of aromatic nitrogens is 2. The molecule has 1 aliphatic heterocycles. The van der Waals surface area contributed by atoms with Crippen LogP contribution in [0.3, 0.4) is 0 Å². The molecule has 1 saturated heterocycles. The molecule has 6 heteroatoms. The van der Waals surface area contributed by atoms with E-state index in [-0.39, 0.29) is 5.69 Å². The zero-order valence-corrected chi connectivity index (χ0v) is 11.7. The molecule has 21 heavy (non-hydrogen) atoms. The molecule has 1 aromatic carbocycles. The van der Waals surface area contributed by atoms with E-state index in [0.717, 1.165) is 25.0 Å². The topological polar surface area (TPSA) is 78.3 Å². The highest BCUT2D eigenvalue weighted by molar-refractivity contribution is 6.02. The molecule has 0 unspecified atom stereocenters. The van der Waals surface area contributed by atoms with Crippen molar-refractivity contribution in [1.29, 1.82) is 0 Å². The number of hydrogen-bond acceptors (Lipinski definition) is 5. The van der Waals surface area contributed by atoms with Gasteiger partial charge in [-0.2, -0.15) is 0 Å².